The summed E-state index contributed by atoms with van der Waals surface area (Å²) < 4.78 is 26.4. The molecule has 6 heteroatoms. The molecule has 0 radical (unpaired) electrons. The molecule has 0 aliphatic rings. The van der Waals surface area contributed by atoms with Gasteiger partial charge >= 0.3 is 0 Å². The van der Waals surface area contributed by atoms with Gasteiger partial charge in [0.2, 0.25) is 0 Å². The van der Waals surface area contributed by atoms with Crippen LogP contribution in [0.3, 0.4) is 0 Å². The summed E-state index contributed by atoms with van der Waals surface area (Å²) >= 11 is 0. The molecule has 1 aromatic heterocycles. The lowest BCUT2D eigenvalue weighted by Crippen LogP contribution is -2.10. The van der Waals surface area contributed by atoms with Gasteiger partial charge in [0.25, 0.3) is 10.0 Å². The van der Waals surface area contributed by atoms with E-state index in [0.717, 1.165) is 11.0 Å². The molecule has 2 aromatic rings. The summed E-state index contributed by atoms with van der Waals surface area (Å²) in [6.45, 7) is 3.50. The summed E-state index contributed by atoms with van der Waals surface area (Å²) in [7, 11) is -3.54. The lowest BCUT2D eigenvalue weighted by atomic mass is 10.2. The zero-order chi connectivity index (χ0) is 13.9. The first-order valence-corrected chi connectivity index (χ1v) is 7.30. The van der Waals surface area contributed by atoms with Crippen LogP contribution < -0.4 is 4.72 Å². The van der Waals surface area contributed by atoms with Crippen molar-refractivity contribution in [3.05, 3.63) is 52.7 Å². The Morgan fingerprint density at radius 3 is 2.47 bits per heavy atom. The Bertz CT molecular complexity index is 668. The van der Waals surface area contributed by atoms with Gasteiger partial charge in [0.05, 0.1) is 22.5 Å². The molecule has 0 spiro atoms. The number of aromatic amines is 1. The zero-order valence-corrected chi connectivity index (χ0v) is 11.5. The Morgan fingerprint density at radius 1 is 1.21 bits per heavy atom. The van der Waals surface area contributed by atoms with Crippen molar-refractivity contribution in [1.29, 1.82) is 0 Å². The predicted molar refractivity (Wildman–Crippen MR) is 76.1 cm³/mol. The van der Waals surface area contributed by atoms with Crippen molar-refractivity contribution in [3.63, 3.8) is 0 Å². The minimum atomic E-state index is -3.54. The van der Waals surface area contributed by atoms with Crippen LogP contribution in [0, 0.1) is 13.8 Å². The van der Waals surface area contributed by atoms with Crippen LogP contribution in [0.2, 0.25) is 0 Å². The third-order valence-electron chi connectivity index (χ3n) is 2.61. The number of rotatable bonds is 4. The highest BCUT2D eigenvalue weighted by atomic mass is 32.2. The quantitative estimate of drug-likeness (QED) is 0.901. The summed E-state index contributed by atoms with van der Waals surface area (Å²) in [6.07, 6.45) is 1.55. The molecule has 1 aromatic carbocycles. The number of anilines is 1. The summed E-state index contributed by atoms with van der Waals surface area (Å²) in [4.78, 5) is 0. The Kier molecular flexibility index (Phi) is 3.71. The summed E-state index contributed by atoms with van der Waals surface area (Å²) in [5.41, 5.74) is 2.63. The van der Waals surface area contributed by atoms with Crippen LogP contribution in [0.15, 0.2) is 35.7 Å². The third kappa shape index (κ3) is 3.45. The molecule has 0 aliphatic carbocycles. The van der Waals surface area contributed by atoms with Gasteiger partial charge in [-0.25, -0.2) is 8.42 Å². The number of H-pyrrole nitrogens is 1. The van der Waals surface area contributed by atoms with E-state index in [-0.39, 0.29) is 0 Å². The Hall–Kier alpha value is -2.08. The molecule has 0 saturated heterocycles. The first-order chi connectivity index (χ1) is 8.98. The number of benzene rings is 1. The lowest BCUT2D eigenvalue weighted by Gasteiger charge is -2.03. The minimum absolute atomic E-state index is 0.498. The van der Waals surface area contributed by atoms with Crippen molar-refractivity contribution < 1.29 is 8.42 Å². The second-order valence-electron chi connectivity index (χ2n) is 4.17. The van der Waals surface area contributed by atoms with Crippen LogP contribution in [0.1, 0.15) is 17.0 Å². The van der Waals surface area contributed by atoms with Crippen molar-refractivity contribution >= 4 is 21.8 Å². The average molecular weight is 277 g/mol. The Labute approximate surface area is 112 Å². The molecule has 0 unspecified atom stereocenters. The molecule has 2 rings (SSSR count). The van der Waals surface area contributed by atoms with E-state index in [1.54, 1.807) is 19.9 Å². The highest BCUT2D eigenvalue weighted by molar-refractivity contribution is 7.95. The van der Waals surface area contributed by atoms with Gasteiger partial charge in [0.1, 0.15) is 0 Å². The lowest BCUT2D eigenvalue weighted by molar-refractivity contribution is 0.609. The maximum atomic E-state index is 11.9. The van der Waals surface area contributed by atoms with Crippen LogP contribution in [0.5, 0.6) is 0 Å². The molecular weight excluding hydrogens is 262 g/mol. The van der Waals surface area contributed by atoms with Crippen LogP contribution >= 0.6 is 0 Å². The molecule has 5 nitrogen and oxygen atoms in total. The maximum absolute atomic E-state index is 11.9. The van der Waals surface area contributed by atoms with Crippen molar-refractivity contribution in [1.82, 2.24) is 10.2 Å². The molecule has 100 valence electrons. The predicted octanol–water partition coefficient (Wildman–Crippen LogP) is 2.44. The fourth-order valence-electron chi connectivity index (χ4n) is 1.61. The van der Waals surface area contributed by atoms with Crippen LogP contribution in [-0.2, 0) is 10.0 Å². The van der Waals surface area contributed by atoms with Gasteiger partial charge in [-0.3, -0.25) is 9.82 Å². The Balaban J connectivity index is 2.18. The van der Waals surface area contributed by atoms with Gasteiger partial charge < -0.3 is 0 Å². The molecule has 1 heterocycles. The van der Waals surface area contributed by atoms with Gasteiger partial charge in [-0.2, -0.15) is 5.10 Å². The second kappa shape index (κ2) is 5.27. The van der Waals surface area contributed by atoms with Crippen LogP contribution in [-0.4, -0.2) is 18.6 Å². The van der Waals surface area contributed by atoms with Crippen molar-refractivity contribution in [2.75, 3.05) is 4.72 Å². The van der Waals surface area contributed by atoms with Gasteiger partial charge in [-0.15, -0.1) is 0 Å². The molecule has 0 atom stereocenters. The van der Waals surface area contributed by atoms with E-state index in [1.165, 1.54) is 0 Å². The second-order valence-corrected chi connectivity index (χ2v) is 5.74. The summed E-state index contributed by atoms with van der Waals surface area (Å²) in [5, 5.41) is 7.82. The van der Waals surface area contributed by atoms with Crippen molar-refractivity contribution in [2.45, 2.75) is 13.8 Å². The fraction of sp³-hybridized carbons (Fsp3) is 0.154. The van der Waals surface area contributed by atoms with Crippen LogP contribution in [0.25, 0.3) is 6.08 Å². The average Bonchev–Trinajstić information content (AvgIpc) is 2.69. The smallest absolute Gasteiger partial charge is 0.255 e. The number of aromatic nitrogens is 2. The molecule has 0 bridgehead atoms. The van der Waals surface area contributed by atoms with E-state index in [4.69, 9.17) is 0 Å². The van der Waals surface area contributed by atoms with E-state index in [2.05, 4.69) is 14.9 Å². The molecule has 2 N–H and O–H groups in total. The van der Waals surface area contributed by atoms with Gasteiger partial charge in [-0.1, -0.05) is 30.3 Å². The molecular formula is C13H15N3O2S. The number of sulfonamides is 1. The highest BCUT2D eigenvalue weighted by Gasteiger charge is 2.12. The van der Waals surface area contributed by atoms with E-state index >= 15 is 0 Å². The van der Waals surface area contributed by atoms with Gasteiger partial charge in [-0.05, 0) is 25.5 Å². The van der Waals surface area contributed by atoms with E-state index in [9.17, 15) is 8.42 Å². The minimum Gasteiger partial charge on any atom is -0.280 e. The van der Waals surface area contributed by atoms with Crippen LogP contribution in [0.4, 0.5) is 5.69 Å². The zero-order valence-electron chi connectivity index (χ0n) is 10.7. The SMILES string of the molecule is Cc1n[nH]c(C)c1NS(=O)(=O)/C=C/c1ccccc1. The van der Waals surface area contributed by atoms with Gasteiger partial charge in [0, 0.05) is 0 Å². The maximum Gasteiger partial charge on any atom is 0.255 e. The summed E-state index contributed by atoms with van der Waals surface area (Å²) in [5.74, 6) is 0. The normalized spacial score (nSPS) is 11.9. The highest BCUT2D eigenvalue weighted by Crippen LogP contribution is 2.18. The largest absolute Gasteiger partial charge is 0.280 e. The molecule has 0 amide bonds. The number of aryl methyl sites for hydroxylation is 2. The number of nitrogens with zero attached hydrogens (tertiary/aromatic N) is 1. The first-order valence-electron chi connectivity index (χ1n) is 5.75. The molecule has 0 saturated carbocycles. The van der Waals surface area contributed by atoms with Crippen molar-refractivity contribution in [3.8, 4) is 0 Å². The monoisotopic (exact) mass is 277 g/mol. The number of nitrogens with one attached hydrogen (secondary N) is 2. The Morgan fingerprint density at radius 2 is 1.89 bits per heavy atom. The van der Waals surface area contributed by atoms with E-state index in [0.29, 0.717) is 17.1 Å². The number of hydrogen-bond acceptors (Lipinski definition) is 3. The summed E-state index contributed by atoms with van der Waals surface area (Å²) in [6, 6.07) is 9.25. The van der Waals surface area contributed by atoms with E-state index in [1.807, 2.05) is 30.3 Å². The topological polar surface area (TPSA) is 74.8 Å². The van der Waals surface area contributed by atoms with Crippen molar-refractivity contribution in [2.24, 2.45) is 0 Å². The van der Waals surface area contributed by atoms with E-state index < -0.39 is 10.0 Å². The third-order valence-corrected chi connectivity index (χ3v) is 3.59. The first kappa shape index (κ1) is 13.4. The molecule has 0 aliphatic heterocycles. The molecule has 19 heavy (non-hydrogen) atoms. The molecule has 0 fully saturated rings. The standard InChI is InChI=1S/C13H15N3O2S/c1-10-13(11(2)15-14-10)16-19(17,18)9-8-12-6-4-3-5-7-12/h3-9,16H,1-2H3,(H,14,15)/b9-8+. The number of hydrogen-bond donors (Lipinski definition) is 2. The fourth-order valence-corrected chi connectivity index (χ4v) is 2.60. The van der Waals surface area contributed by atoms with Gasteiger partial charge in [0.15, 0.2) is 0 Å².